The molecule has 0 spiro atoms. The Hall–Kier alpha value is -0.350. The maximum atomic E-state index is 11.7. The highest BCUT2D eigenvalue weighted by Gasteiger charge is 2.44. The second-order valence-electron chi connectivity index (χ2n) is 2.76. The molecule has 0 bridgehead atoms. The van der Waals surface area contributed by atoms with Crippen molar-refractivity contribution in [2.45, 2.75) is 18.3 Å². The van der Waals surface area contributed by atoms with Crippen molar-refractivity contribution in [2.24, 2.45) is 0 Å². The van der Waals surface area contributed by atoms with Crippen LogP contribution in [0.15, 0.2) is 0 Å². The van der Waals surface area contributed by atoms with Gasteiger partial charge in [0.15, 0.2) is 0 Å². The molecule has 0 aromatic heterocycles. The SMILES string of the molecule is O=S(=O)(O)CCCCS(=O)(=O)C(F)(F)F. The van der Waals surface area contributed by atoms with Gasteiger partial charge in [0.1, 0.15) is 0 Å². The van der Waals surface area contributed by atoms with Crippen LogP contribution in [0.25, 0.3) is 0 Å². The molecular formula is C5H9F3O5S2. The Bertz CT molecular complexity index is 393. The molecule has 0 aromatic carbocycles. The van der Waals surface area contributed by atoms with Crippen molar-refractivity contribution < 1.29 is 34.6 Å². The second-order valence-corrected chi connectivity index (χ2v) is 6.43. The molecule has 0 atom stereocenters. The van der Waals surface area contributed by atoms with Crippen molar-refractivity contribution >= 4 is 20.0 Å². The molecule has 0 aliphatic heterocycles. The summed E-state index contributed by atoms with van der Waals surface area (Å²) in [7, 11) is -9.45. The largest absolute Gasteiger partial charge is 0.497 e. The van der Waals surface area contributed by atoms with Crippen molar-refractivity contribution in [1.82, 2.24) is 0 Å². The van der Waals surface area contributed by atoms with Gasteiger partial charge in [-0.1, -0.05) is 0 Å². The molecule has 5 nitrogen and oxygen atoms in total. The first-order valence-corrected chi connectivity index (χ1v) is 6.96. The molecule has 0 saturated heterocycles. The average molecular weight is 270 g/mol. The number of alkyl halides is 3. The maximum absolute atomic E-state index is 11.7. The fourth-order valence-electron chi connectivity index (χ4n) is 0.692. The molecule has 92 valence electrons. The summed E-state index contributed by atoms with van der Waals surface area (Å²) in [4.78, 5) is 0. The number of hydrogen-bond acceptors (Lipinski definition) is 4. The van der Waals surface area contributed by atoms with Crippen LogP contribution >= 0.6 is 0 Å². The van der Waals surface area contributed by atoms with Crippen LogP contribution in [0.1, 0.15) is 12.8 Å². The molecule has 0 fully saturated rings. The summed E-state index contributed by atoms with van der Waals surface area (Å²) in [5.74, 6) is -1.92. The summed E-state index contributed by atoms with van der Waals surface area (Å²) in [5, 5.41) is 0. The Morgan fingerprint density at radius 2 is 1.33 bits per heavy atom. The van der Waals surface area contributed by atoms with Gasteiger partial charge in [0.05, 0.1) is 11.5 Å². The Morgan fingerprint density at radius 3 is 1.67 bits per heavy atom. The molecule has 0 saturated carbocycles. The van der Waals surface area contributed by atoms with Crippen molar-refractivity contribution in [3.05, 3.63) is 0 Å². The van der Waals surface area contributed by atoms with Gasteiger partial charge in [-0.25, -0.2) is 8.42 Å². The monoisotopic (exact) mass is 270 g/mol. The van der Waals surface area contributed by atoms with E-state index in [4.69, 9.17) is 4.55 Å². The van der Waals surface area contributed by atoms with Crippen molar-refractivity contribution in [1.29, 1.82) is 0 Å². The fraction of sp³-hybridized carbons (Fsp3) is 1.00. The highest BCUT2D eigenvalue weighted by Crippen LogP contribution is 2.24. The predicted octanol–water partition coefficient (Wildman–Crippen LogP) is 0.589. The summed E-state index contributed by atoms with van der Waals surface area (Å²) in [6.45, 7) is 0. The molecule has 0 amide bonds. The number of hydrogen-bond donors (Lipinski definition) is 1. The summed E-state index contributed by atoms with van der Waals surface area (Å²) < 4.78 is 84.6. The minimum atomic E-state index is -5.31. The Kier molecular flexibility index (Phi) is 4.55. The molecule has 0 aliphatic rings. The van der Waals surface area contributed by atoms with E-state index in [1.165, 1.54) is 0 Å². The minimum absolute atomic E-state index is 0.339. The molecule has 0 aliphatic carbocycles. The van der Waals surface area contributed by atoms with E-state index in [1.807, 2.05) is 0 Å². The van der Waals surface area contributed by atoms with Crippen LogP contribution in [0.3, 0.4) is 0 Å². The average Bonchev–Trinajstić information content (AvgIpc) is 1.94. The number of rotatable bonds is 5. The Morgan fingerprint density at radius 1 is 0.933 bits per heavy atom. The summed E-state index contributed by atoms with van der Waals surface area (Å²) in [6.07, 6.45) is -0.810. The van der Waals surface area contributed by atoms with Gasteiger partial charge in [-0.05, 0) is 12.8 Å². The fourth-order valence-corrected chi connectivity index (χ4v) is 2.08. The molecule has 1 N–H and O–H groups in total. The molecule has 15 heavy (non-hydrogen) atoms. The molecule has 0 rings (SSSR count). The van der Waals surface area contributed by atoms with Gasteiger partial charge in [-0.15, -0.1) is 0 Å². The number of halogens is 3. The van der Waals surface area contributed by atoms with Crippen molar-refractivity contribution in [3.8, 4) is 0 Å². The lowest BCUT2D eigenvalue weighted by molar-refractivity contribution is -0.0435. The normalized spacial score (nSPS) is 14.1. The van der Waals surface area contributed by atoms with Crippen LogP contribution in [0, 0.1) is 0 Å². The lowest BCUT2D eigenvalue weighted by atomic mass is 10.4. The van der Waals surface area contributed by atoms with Gasteiger partial charge in [0.2, 0.25) is 9.84 Å². The van der Waals surface area contributed by atoms with E-state index in [2.05, 4.69) is 0 Å². The van der Waals surface area contributed by atoms with Gasteiger partial charge in [0, 0.05) is 0 Å². The summed E-state index contributed by atoms with van der Waals surface area (Å²) in [6, 6.07) is 0. The van der Waals surface area contributed by atoms with Crippen LogP contribution in [0.5, 0.6) is 0 Å². The molecule has 0 radical (unpaired) electrons. The lowest BCUT2D eigenvalue weighted by Crippen LogP contribution is -2.26. The van der Waals surface area contributed by atoms with E-state index in [-0.39, 0.29) is 6.42 Å². The van der Waals surface area contributed by atoms with E-state index in [9.17, 15) is 30.0 Å². The molecule has 0 aromatic rings. The van der Waals surface area contributed by atoms with E-state index in [0.29, 0.717) is 0 Å². The maximum Gasteiger partial charge on any atom is 0.497 e. The highest BCUT2D eigenvalue weighted by atomic mass is 32.2. The van der Waals surface area contributed by atoms with Gasteiger partial charge in [-0.3, -0.25) is 4.55 Å². The molecule has 10 heteroatoms. The smallest absolute Gasteiger partial charge is 0.286 e. The first-order chi connectivity index (χ1) is 6.46. The minimum Gasteiger partial charge on any atom is -0.286 e. The predicted molar refractivity (Wildman–Crippen MR) is 45.5 cm³/mol. The zero-order valence-corrected chi connectivity index (χ0v) is 8.99. The quantitative estimate of drug-likeness (QED) is 0.583. The molecule has 0 heterocycles. The van der Waals surface area contributed by atoms with Crippen LogP contribution in [-0.2, 0) is 20.0 Å². The molecular weight excluding hydrogens is 261 g/mol. The Balaban J connectivity index is 4.10. The van der Waals surface area contributed by atoms with E-state index in [0.717, 1.165) is 0 Å². The van der Waals surface area contributed by atoms with Crippen LogP contribution < -0.4 is 0 Å². The van der Waals surface area contributed by atoms with E-state index in [1.54, 1.807) is 0 Å². The standard InChI is InChI=1S/C5H9F3O5S2/c6-5(7,8)14(9,10)3-1-2-4-15(11,12)13/h1-4H2,(H,11,12,13). The third kappa shape index (κ3) is 5.95. The molecule has 0 unspecified atom stereocenters. The third-order valence-corrected chi connectivity index (χ3v) is 3.75. The van der Waals surface area contributed by atoms with Crippen molar-refractivity contribution in [3.63, 3.8) is 0 Å². The third-order valence-electron chi connectivity index (χ3n) is 1.42. The first-order valence-electron chi connectivity index (χ1n) is 3.70. The van der Waals surface area contributed by atoms with Gasteiger partial charge in [0.25, 0.3) is 10.1 Å². The zero-order valence-electron chi connectivity index (χ0n) is 7.36. The second kappa shape index (κ2) is 4.66. The topological polar surface area (TPSA) is 88.5 Å². The zero-order chi connectivity index (χ0) is 12.3. The number of unbranched alkanes of at least 4 members (excludes halogenated alkanes) is 1. The van der Waals surface area contributed by atoms with Gasteiger partial charge >= 0.3 is 5.51 Å². The van der Waals surface area contributed by atoms with Gasteiger partial charge in [-0.2, -0.15) is 21.6 Å². The van der Waals surface area contributed by atoms with Crippen LogP contribution in [0.2, 0.25) is 0 Å². The van der Waals surface area contributed by atoms with E-state index < -0.39 is 43.4 Å². The summed E-state index contributed by atoms with van der Waals surface area (Å²) >= 11 is 0. The summed E-state index contributed by atoms with van der Waals surface area (Å²) in [5.41, 5.74) is -5.31. The lowest BCUT2D eigenvalue weighted by Gasteiger charge is -2.06. The van der Waals surface area contributed by atoms with E-state index >= 15 is 0 Å². The highest BCUT2D eigenvalue weighted by molar-refractivity contribution is 7.92. The van der Waals surface area contributed by atoms with Crippen molar-refractivity contribution in [2.75, 3.05) is 11.5 Å². The van der Waals surface area contributed by atoms with Crippen LogP contribution in [0.4, 0.5) is 13.2 Å². The first kappa shape index (κ1) is 14.6. The number of sulfone groups is 1. The Labute approximate surface area is 84.9 Å². The van der Waals surface area contributed by atoms with Crippen LogP contribution in [-0.4, -0.2) is 38.4 Å². The van der Waals surface area contributed by atoms with Gasteiger partial charge < -0.3 is 0 Å².